The van der Waals surface area contributed by atoms with Crippen molar-refractivity contribution in [2.75, 3.05) is 33.2 Å². The normalized spacial score (nSPS) is 16.6. The Bertz CT molecular complexity index is 644. The molecule has 0 radical (unpaired) electrons. The first kappa shape index (κ1) is 14.0. The fourth-order valence-electron chi connectivity index (χ4n) is 2.71. The molecule has 2 aromatic rings. The van der Waals surface area contributed by atoms with Crippen molar-refractivity contribution >= 4 is 16.9 Å². The molecule has 1 aromatic heterocycles. The molecule has 1 N–H and O–H groups in total. The molecule has 0 saturated carbocycles. The Kier molecular flexibility index (Phi) is 3.90. The van der Waals surface area contributed by atoms with E-state index in [0.717, 1.165) is 37.2 Å². The maximum Gasteiger partial charge on any atom is 0.242 e. The monoisotopic (exact) mass is 288 g/mol. The van der Waals surface area contributed by atoms with Crippen molar-refractivity contribution in [2.24, 2.45) is 0 Å². The lowest BCUT2D eigenvalue weighted by molar-refractivity contribution is -0.133. The molecule has 0 aliphatic carbocycles. The number of benzene rings is 1. The molecule has 1 aliphatic rings. The molecule has 1 amide bonds. The molecule has 0 unspecified atom stereocenters. The predicted octanol–water partition coefficient (Wildman–Crippen LogP) is 0.303. The third-order valence-corrected chi connectivity index (χ3v) is 4.02. The van der Waals surface area contributed by atoms with Gasteiger partial charge in [0.15, 0.2) is 0 Å². The Labute approximate surface area is 123 Å². The molecule has 3 rings (SSSR count). The molecule has 0 atom stereocenters. The summed E-state index contributed by atoms with van der Waals surface area (Å²) in [6, 6.07) is 7.65. The fraction of sp³-hybridized carbons (Fsp3) is 0.467. The van der Waals surface area contributed by atoms with Gasteiger partial charge >= 0.3 is 0 Å². The molecule has 6 heteroatoms. The summed E-state index contributed by atoms with van der Waals surface area (Å²) in [6.07, 6.45) is 0. The fourth-order valence-corrected chi connectivity index (χ4v) is 2.71. The number of imidazole rings is 1. The summed E-state index contributed by atoms with van der Waals surface area (Å²) in [5.41, 5.74) is 1.71. The van der Waals surface area contributed by atoms with Gasteiger partial charge < -0.3 is 19.5 Å². The Morgan fingerprint density at radius 1 is 1.24 bits per heavy atom. The third kappa shape index (κ3) is 2.77. The first-order valence-corrected chi connectivity index (χ1v) is 7.20. The van der Waals surface area contributed by atoms with Gasteiger partial charge in [-0.05, 0) is 19.2 Å². The number of likely N-dealkylation sites (N-methyl/N-ethyl adjacent to an activating group) is 1. The molecule has 112 valence electrons. The van der Waals surface area contributed by atoms with Crippen LogP contribution in [-0.4, -0.2) is 63.6 Å². The second kappa shape index (κ2) is 5.83. The van der Waals surface area contributed by atoms with Crippen LogP contribution in [0.5, 0.6) is 0 Å². The van der Waals surface area contributed by atoms with E-state index in [1.807, 2.05) is 33.7 Å². The lowest BCUT2D eigenvalue weighted by atomic mass is 10.3. The van der Waals surface area contributed by atoms with Gasteiger partial charge in [0, 0.05) is 26.2 Å². The number of carbonyl (C=O) groups excluding carboxylic acids is 1. The van der Waals surface area contributed by atoms with E-state index < -0.39 is 0 Å². The lowest BCUT2D eigenvalue weighted by Crippen LogP contribution is -2.48. The second-order valence-corrected chi connectivity index (χ2v) is 5.45. The number of rotatable bonds is 3. The predicted molar refractivity (Wildman–Crippen MR) is 79.7 cm³/mol. The quantitative estimate of drug-likeness (QED) is 0.882. The highest BCUT2D eigenvalue weighted by molar-refractivity contribution is 5.81. The molecule has 1 fully saturated rings. The number of nitrogens with zero attached hydrogens (tertiary/aromatic N) is 4. The van der Waals surface area contributed by atoms with Crippen LogP contribution in [0.2, 0.25) is 0 Å². The first-order chi connectivity index (χ1) is 10.2. The molecule has 21 heavy (non-hydrogen) atoms. The number of piperazine rings is 1. The zero-order valence-electron chi connectivity index (χ0n) is 12.2. The number of aliphatic hydroxyl groups is 1. The first-order valence-electron chi connectivity index (χ1n) is 7.20. The van der Waals surface area contributed by atoms with E-state index >= 15 is 0 Å². The van der Waals surface area contributed by atoms with E-state index in [4.69, 9.17) is 0 Å². The number of aliphatic hydroxyl groups excluding tert-OH is 1. The maximum atomic E-state index is 12.5. The van der Waals surface area contributed by atoms with Gasteiger partial charge in [-0.25, -0.2) is 4.98 Å². The van der Waals surface area contributed by atoms with E-state index in [1.54, 1.807) is 0 Å². The molecule has 0 spiro atoms. The number of aromatic nitrogens is 2. The smallest absolute Gasteiger partial charge is 0.242 e. The van der Waals surface area contributed by atoms with Gasteiger partial charge in [-0.15, -0.1) is 0 Å². The van der Waals surface area contributed by atoms with Crippen molar-refractivity contribution in [3.8, 4) is 0 Å². The highest BCUT2D eigenvalue weighted by Gasteiger charge is 2.21. The van der Waals surface area contributed by atoms with Crippen molar-refractivity contribution < 1.29 is 9.90 Å². The highest BCUT2D eigenvalue weighted by Crippen LogP contribution is 2.16. The lowest BCUT2D eigenvalue weighted by Gasteiger charge is -2.32. The number of amides is 1. The summed E-state index contributed by atoms with van der Waals surface area (Å²) >= 11 is 0. The van der Waals surface area contributed by atoms with E-state index in [0.29, 0.717) is 5.82 Å². The van der Waals surface area contributed by atoms with E-state index in [-0.39, 0.29) is 19.1 Å². The number of carbonyl (C=O) groups is 1. The number of hydrogen-bond acceptors (Lipinski definition) is 4. The Balaban J connectivity index is 1.82. The van der Waals surface area contributed by atoms with Crippen molar-refractivity contribution in [1.82, 2.24) is 19.4 Å². The minimum Gasteiger partial charge on any atom is -0.388 e. The number of hydrogen-bond donors (Lipinski definition) is 1. The van der Waals surface area contributed by atoms with E-state index in [9.17, 15) is 9.90 Å². The summed E-state index contributed by atoms with van der Waals surface area (Å²) in [5, 5.41) is 9.46. The van der Waals surface area contributed by atoms with Gasteiger partial charge in [-0.2, -0.15) is 0 Å². The average Bonchev–Trinajstić information content (AvgIpc) is 2.86. The number of fused-ring (bicyclic) bond motifs is 1. The Morgan fingerprint density at radius 3 is 2.67 bits per heavy atom. The van der Waals surface area contributed by atoms with Crippen LogP contribution < -0.4 is 0 Å². The van der Waals surface area contributed by atoms with Crippen LogP contribution in [0.3, 0.4) is 0 Å². The second-order valence-electron chi connectivity index (χ2n) is 5.45. The largest absolute Gasteiger partial charge is 0.388 e. The maximum absolute atomic E-state index is 12.5. The van der Waals surface area contributed by atoms with Gasteiger partial charge in [-0.1, -0.05) is 12.1 Å². The highest BCUT2D eigenvalue weighted by atomic mass is 16.3. The van der Waals surface area contributed by atoms with Crippen molar-refractivity contribution in [1.29, 1.82) is 0 Å². The van der Waals surface area contributed by atoms with Crippen molar-refractivity contribution in [3.05, 3.63) is 30.1 Å². The van der Waals surface area contributed by atoms with E-state index in [1.165, 1.54) is 0 Å². The molecule has 1 saturated heterocycles. The van der Waals surface area contributed by atoms with Gasteiger partial charge in [0.05, 0.1) is 11.0 Å². The van der Waals surface area contributed by atoms with Gasteiger partial charge in [0.25, 0.3) is 0 Å². The third-order valence-electron chi connectivity index (χ3n) is 4.02. The average molecular weight is 288 g/mol. The molecular formula is C15H20N4O2. The van der Waals surface area contributed by atoms with Crippen molar-refractivity contribution in [3.63, 3.8) is 0 Å². The van der Waals surface area contributed by atoms with Crippen LogP contribution in [0.1, 0.15) is 5.82 Å². The molecule has 1 aliphatic heterocycles. The molecule has 1 aromatic carbocycles. The topological polar surface area (TPSA) is 61.6 Å². The minimum absolute atomic E-state index is 0.0842. The number of para-hydroxylation sites is 2. The van der Waals surface area contributed by atoms with Gasteiger partial charge in [0.1, 0.15) is 19.0 Å². The zero-order valence-corrected chi connectivity index (χ0v) is 12.2. The summed E-state index contributed by atoms with van der Waals surface area (Å²) in [5.74, 6) is 0.625. The SMILES string of the molecule is CN1CCN(C(=O)Cn2c(CO)nc3ccccc32)CC1. The molecular weight excluding hydrogens is 268 g/mol. The summed E-state index contributed by atoms with van der Waals surface area (Å²) in [4.78, 5) is 20.9. The zero-order chi connectivity index (χ0) is 14.8. The molecule has 0 bridgehead atoms. The van der Waals surface area contributed by atoms with Crippen LogP contribution in [0.15, 0.2) is 24.3 Å². The van der Waals surface area contributed by atoms with Gasteiger partial charge in [-0.3, -0.25) is 4.79 Å². The van der Waals surface area contributed by atoms with Gasteiger partial charge in [0.2, 0.25) is 5.91 Å². The van der Waals surface area contributed by atoms with Crippen LogP contribution >= 0.6 is 0 Å². The van der Waals surface area contributed by atoms with Crippen LogP contribution in [0, 0.1) is 0 Å². The standard InChI is InChI=1S/C15H20N4O2/c1-17-6-8-18(9-7-17)15(21)10-19-13-5-3-2-4-12(13)16-14(19)11-20/h2-5,20H,6-11H2,1H3. The molecule has 2 heterocycles. The molecule has 6 nitrogen and oxygen atoms in total. The van der Waals surface area contributed by atoms with Crippen molar-refractivity contribution in [2.45, 2.75) is 13.2 Å². The minimum atomic E-state index is -0.162. The summed E-state index contributed by atoms with van der Waals surface area (Å²) in [7, 11) is 2.06. The van der Waals surface area contributed by atoms with Crippen LogP contribution in [-0.2, 0) is 17.9 Å². The Morgan fingerprint density at radius 2 is 1.95 bits per heavy atom. The van der Waals surface area contributed by atoms with Crippen LogP contribution in [0.25, 0.3) is 11.0 Å². The Hall–Kier alpha value is -1.92. The summed E-state index contributed by atoms with van der Waals surface area (Å²) < 4.78 is 1.82. The van der Waals surface area contributed by atoms with Crippen LogP contribution in [0.4, 0.5) is 0 Å². The summed E-state index contributed by atoms with van der Waals surface area (Å²) in [6.45, 7) is 3.41. The van der Waals surface area contributed by atoms with E-state index in [2.05, 4.69) is 16.9 Å².